The second-order valence-electron chi connectivity index (χ2n) is 4.27. The third-order valence-corrected chi connectivity index (χ3v) is 4.54. The van der Waals surface area contributed by atoms with E-state index in [4.69, 9.17) is 18.0 Å². The Bertz CT molecular complexity index is 766. The molecule has 2 aromatic rings. The Kier molecular flexibility index (Phi) is 3.78. The van der Waals surface area contributed by atoms with Gasteiger partial charge in [0.1, 0.15) is 10.8 Å². The molecule has 0 saturated carbocycles. The zero-order chi connectivity index (χ0) is 14.9. The Labute approximate surface area is 122 Å². The van der Waals surface area contributed by atoms with Crippen LogP contribution in [0.2, 0.25) is 0 Å². The molecule has 6 nitrogen and oxygen atoms in total. The van der Waals surface area contributed by atoms with Gasteiger partial charge in [-0.05, 0) is 18.6 Å². The lowest BCUT2D eigenvalue weighted by Crippen LogP contribution is -2.19. The van der Waals surface area contributed by atoms with E-state index in [1.807, 2.05) is 0 Å². The Morgan fingerprint density at radius 2 is 2.05 bits per heavy atom. The number of nitrogens with two attached hydrogens (primary N) is 1. The summed E-state index contributed by atoms with van der Waals surface area (Å²) in [5.41, 5.74) is 6.60. The Hall–Kier alpha value is -1.93. The quantitative estimate of drug-likeness (QED) is 0.827. The fraction of sp³-hybridized carbons (Fsp3) is 0.167. The van der Waals surface area contributed by atoms with Gasteiger partial charge in [0.2, 0.25) is 0 Å². The summed E-state index contributed by atoms with van der Waals surface area (Å²) in [5, 5.41) is 3.96. The largest absolute Gasteiger partial charge is 0.389 e. The molecule has 106 valence electrons. The molecular weight excluding hydrogens is 296 g/mol. The maximum Gasteiger partial charge on any atom is 0.263 e. The highest BCUT2D eigenvalue weighted by Gasteiger charge is 2.21. The van der Waals surface area contributed by atoms with E-state index >= 15 is 0 Å². The fourth-order valence-electron chi connectivity index (χ4n) is 1.78. The molecule has 20 heavy (non-hydrogen) atoms. The summed E-state index contributed by atoms with van der Waals surface area (Å²) in [5.74, 6) is 0.251. The minimum Gasteiger partial charge on any atom is -0.389 e. The molecule has 0 aliphatic heterocycles. The van der Waals surface area contributed by atoms with Gasteiger partial charge in [-0.3, -0.25) is 9.40 Å². The number of aryl methyl sites for hydroxylation is 2. The molecule has 1 heterocycles. The van der Waals surface area contributed by atoms with Gasteiger partial charge in [-0.1, -0.05) is 30.4 Å². The van der Waals surface area contributed by atoms with Crippen LogP contribution in [0.15, 0.2) is 35.4 Å². The third-order valence-electron chi connectivity index (χ3n) is 2.82. The van der Waals surface area contributed by atoms with Crippen LogP contribution in [0.5, 0.6) is 0 Å². The second kappa shape index (κ2) is 5.22. The number of sulfonamides is 1. The summed E-state index contributed by atoms with van der Waals surface area (Å²) in [7, 11) is -2.11. The van der Waals surface area contributed by atoms with Crippen molar-refractivity contribution < 1.29 is 8.42 Å². The SMILES string of the molecule is Cc1ccccc1S(=O)(=O)Nc1c(C(N)=S)cnn1C. The van der Waals surface area contributed by atoms with Gasteiger partial charge in [0.15, 0.2) is 0 Å². The van der Waals surface area contributed by atoms with E-state index in [0.29, 0.717) is 11.1 Å². The van der Waals surface area contributed by atoms with Crippen LogP contribution in [0.4, 0.5) is 5.82 Å². The molecule has 0 atom stereocenters. The molecule has 0 spiro atoms. The zero-order valence-corrected chi connectivity index (χ0v) is 12.6. The van der Waals surface area contributed by atoms with E-state index in [-0.39, 0.29) is 15.7 Å². The standard InChI is InChI=1S/C12H14N4O2S2/c1-8-5-3-4-6-10(8)20(17,18)15-12-9(11(13)19)7-14-16(12)2/h3-7,15H,1-2H3,(H2,13,19). The molecule has 3 N–H and O–H groups in total. The number of anilines is 1. The molecular formula is C12H14N4O2S2. The molecule has 1 aromatic heterocycles. The number of nitrogens with zero attached hydrogens (tertiary/aromatic N) is 2. The van der Waals surface area contributed by atoms with Gasteiger partial charge in [-0.2, -0.15) is 5.10 Å². The van der Waals surface area contributed by atoms with Gasteiger partial charge in [0.25, 0.3) is 10.0 Å². The summed E-state index contributed by atoms with van der Waals surface area (Å²) in [6.07, 6.45) is 1.43. The first-order valence-electron chi connectivity index (χ1n) is 5.73. The fourth-order valence-corrected chi connectivity index (χ4v) is 3.28. The molecule has 0 amide bonds. The average molecular weight is 310 g/mol. The van der Waals surface area contributed by atoms with E-state index < -0.39 is 10.0 Å². The number of benzene rings is 1. The Balaban J connectivity index is 2.47. The van der Waals surface area contributed by atoms with Crippen molar-refractivity contribution in [1.82, 2.24) is 9.78 Å². The van der Waals surface area contributed by atoms with Crippen molar-refractivity contribution in [3.63, 3.8) is 0 Å². The van der Waals surface area contributed by atoms with Gasteiger partial charge in [-0.25, -0.2) is 8.42 Å². The van der Waals surface area contributed by atoms with Crippen LogP contribution in [-0.4, -0.2) is 23.2 Å². The van der Waals surface area contributed by atoms with E-state index in [9.17, 15) is 8.42 Å². The van der Waals surface area contributed by atoms with Crippen molar-refractivity contribution in [3.05, 3.63) is 41.6 Å². The van der Waals surface area contributed by atoms with Crippen molar-refractivity contribution in [2.45, 2.75) is 11.8 Å². The molecule has 2 rings (SSSR count). The lowest BCUT2D eigenvalue weighted by molar-refractivity contribution is 0.599. The topological polar surface area (TPSA) is 90.0 Å². The van der Waals surface area contributed by atoms with Crippen molar-refractivity contribution in [1.29, 1.82) is 0 Å². The molecule has 0 saturated heterocycles. The van der Waals surface area contributed by atoms with E-state index in [1.54, 1.807) is 32.2 Å². The maximum absolute atomic E-state index is 12.4. The lowest BCUT2D eigenvalue weighted by Gasteiger charge is -2.11. The predicted molar refractivity (Wildman–Crippen MR) is 81.1 cm³/mol. The summed E-state index contributed by atoms with van der Waals surface area (Å²) in [6, 6.07) is 6.71. The highest BCUT2D eigenvalue weighted by molar-refractivity contribution is 7.92. The van der Waals surface area contributed by atoms with Gasteiger partial charge >= 0.3 is 0 Å². The highest BCUT2D eigenvalue weighted by atomic mass is 32.2. The number of hydrogen-bond acceptors (Lipinski definition) is 4. The zero-order valence-electron chi connectivity index (χ0n) is 11.0. The number of hydrogen-bond donors (Lipinski definition) is 2. The van der Waals surface area contributed by atoms with Crippen LogP contribution in [0.3, 0.4) is 0 Å². The van der Waals surface area contributed by atoms with Crippen molar-refractivity contribution >= 4 is 33.0 Å². The highest BCUT2D eigenvalue weighted by Crippen LogP contribution is 2.21. The van der Waals surface area contributed by atoms with E-state index in [2.05, 4.69) is 9.82 Å². The molecule has 0 radical (unpaired) electrons. The monoisotopic (exact) mass is 310 g/mol. The van der Waals surface area contributed by atoms with Gasteiger partial charge < -0.3 is 5.73 Å². The smallest absolute Gasteiger partial charge is 0.263 e. The number of aromatic nitrogens is 2. The molecule has 0 bridgehead atoms. The lowest BCUT2D eigenvalue weighted by atomic mass is 10.2. The third kappa shape index (κ3) is 2.66. The summed E-state index contributed by atoms with van der Waals surface area (Å²) in [6.45, 7) is 1.73. The maximum atomic E-state index is 12.4. The minimum atomic E-state index is -3.72. The van der Waals surface area contributed by atoms with Crippen LogP contribution in [0.25, 0.3) is 0 Å². The predicted octanol–water partition coefficient (Wildman–Crippen LogP) is 1.16. The van der Waals surface area contributed by atoms with Crippen LogP contribution < -0.4 is 10.5 Å². The van der Waals surface area contributed by atoms with Crippen LogP contribution in [0, 0.1) is 6.92 Å². The van der Waals surface area contributed by atoms with Crippen molar-refractivity contribution in [2.24, 2.45) is 12.8 Å². The summed E-state index contributed by atoms with van der Waals surface area (Å²) < 4.78 is 28.7. The van der Waals surface area contributed by atoms with Crippen LogP contribution in [0.1, 0.15) is 11.1 Å². The first kappa shape index (κ1) is 14.5. The first-order valence-corrected chi connectivity index (χ1v) is 7.62. The molecule has 1 aromatic carbocycles. The number of thiocarbonyl (C=S) groups is 1. The average Bonchev–Trinajstić information content (AvgIpc) is 2.71. The molecule has 0 aliphatic rings. The minimum absolute atomic E-state index is 0.0839. The van der Waals surface area contributed by atoms with Gasteiger partial charge in [0.05, 0.1) is 16.7 Å². The van der Waals surface area contributed by atoms with Crippen LogP contribution >= 0.6 is 12.2 Å². The number of rotatable bonds is 4. The van der Waals surface area contributed by atoms with Gasteiger partial charge in [0, 0.05) is 7.05 Å². The Morgan fingerprint density at radius 3 is 2.65 bits per heavy atom. The molecule has 8 heteroatoms. The molecule has 0 aliphatic carbocycles. The van der Waals surface area contributed by atoms with E-state index in [1.165, 1.54) is 16.9 Å². The summed E-state index contributed by atoms with van der Waals surface area (Å²) in [4.78, 5) is 0.288. The Morgan fingerprint density at radius 1 is 1.40 bits per heavy atom. The van der Waals surface area contributed by atoms with Gasteiger partial charge in [-0.15, -0.1) is 0 Å². The molecule has 0 unspecified atom stereocenters. The molecule has 0 fully saturated rings. The summed E-state index contributed by atoms with van der Waals surface area (Å²) >= 11 is 4.88. The normalized spacial score (nSPS) is 11.3. The van der Waals surface area contributed by atoms with E-state index in [0.717, 1.165) is 0 Å². The first-order chi connectivity index (χ1) is 9.33. The van der Waals surface area contributed by atoms with Crippen molar-refractivity contribution in [3.8, 4) is 0 Å². The number of nitrogens with one attached hydrogen (secondary N) is 1. The van der Waals surface area contributed by atoms with Crippen molar-refractivity contribution in [2.75, 3.05) is 4.72 Å². The second-order valence-corrected chi connectivity index (χ2v) is 6.36. The van der Waals surface area contributed by atoms with Crippen LogP contribution in [-0.2, 0) is 17.1 Å².